The van der Waals surface area contributed by atoms with Crippen LogP contribution in [0.2, 0.25) is 0 Å². The molecule has 1 unspecified atom stereocenters. The molecule has 0 saturated carbocycles. The minimum Gasteiger partial charge on any atom is -0.489 e. The third kappa shape index (κ3) is 5.31. The normalized spacial score (nSPS) is 15.7. The first-order chi connectivity index (χ1) is 15.1. The van der Waals surface area contributed by atoms with E-state index in [-0.39, 0.29) is 24.2 Å². The van der Waals surface area contributed by atoms with Crippen LogP contribution in [0.5, 0.6) is 5.75 Å². The first-order valence-corrected chi connectivity index (χ1v) is 10.5. The van der Waals surface area contributed by atoms with Crippen molar-refractivity contribution in [1.82, 2.24) is 4.90 Å². The Hall–Kier alpha value is -3.60. The summed E-state index contributed by atoms with van der Waals surface area (Å²) in [6.07, 6.45) is 0.236. The molecule has 31 heavy (non-hydrogen) atoms. The number of hydrogen-bond donors (Lipinski definition) is 1. The number of carbonyl (C=O) groups is 2. The van der Waals surface area contributed by atoms with Gasteiger partial charge in [0.05, 0.1) is 5.92 Å². The highest BCUT2D eigenvalue weighted by molar-refractivity contribution is 5.97. The summed E-state index contributed by atoms with van der Waals surface area (Å²) in [5.41, 5.74) is 3.86. The number of nitrogens with one attached hydrogen (secondary N) is 1. The van der Waals surface area contributed by atoms with Crippen LogP contribution in [0.3, 0.4) is 0 Å². The van der Waals surface area contributed by atoms with Crippen molar-refractivity contribution in [2.75, 3.05) is 11.9 Å². The van der Waals surface area contributed by atoms with E-state index in [0.29, 0.717) is 25.4 Å². The summed E-state index contributed by atoms with van der Waals surface area (Å²) in [4.78, 5) is 27.1. The summed E-state index contributed by atoms with van der Waals surface area (Å²) >= 11 is 0. The van der Waals surface area contributed by atoms with Crippen LogP contribution in [-0.4, -0.2) is 23.3 Å². The Morgan fingerprint density at radius 2 is 1.71 bits per heavy atom. The maximum Gasteiger partial charge on any atom is 0.229 e. The van der Waals surface area contributed by atoms with Gasteiger partial charge in [0.2, 0.25) is 11.8 Å². The zero-order valence-corrected chi connectivity index (χ0v) is 17.6. The van der Waals surface area contributed by atoms with Crippen LogP contribution in [0.15, 0.2) is 78.9 Å². The van der Waals surface area contributed by atoms with E-state index in [2.05, 4.69) is 5.32 Å². The van der Waals surface area contributed by atoms with Crippen molar-refractivity contribution < 1.29 is 14.3 Å². The predicted molar refractivity (Wildman–Crippen MR) is 121 cm³/mol. The lowest BCUT2D eigenvalue weighted by Gasteiger charge is -2.17. The van der Waals surface area contributed by atoms with Crippen LogP contribution in [0.1, 0.15) is 23.1 Å². The molecule has 1 fully saturated rings. The topological polar surface area (TPSA) is 58.6 Å². The summed E-state index contributed by atoms with van der Waals surface area (Å²) in [7, 11) is 0. The molecule has 1 aliphatic rings. The SMILES string of the molecule is Cc1ccc(CN2CC(C(=O)Nc3ccccc3COc3ccccc3)CC2=O)cc1. The zero-order chi connectivity index (χ0) is 21.6. The van der Waals surface area contributed by atoms with Gasteiger partial charge in [0.15, 0.2) is 0 Å². The van der Waals surface area contributed by atoms with Gasteiger partial charge in [-0.25, -0.2) is 0 Å². The number of aryl methyl sites for hydroxylation is 1. The molecule has 0 aromatic heterocycles. The zero-order valence-electron chi connectivity index (χ0n) is 17.6. The minimum absolute atomic E-state index is 0.0152. The number of amides is 2. The van der Waals surface area contributed by atoms with Gasteiger partial charge in [0.25, 0.3) is 0 Å². The highest BCUT2D eigenvalue weighted by Crippen LogP contribution is 2.24. The summed E-state index contributed by atoms with van der Waals surface area (Å²) in [6, 6.07) is 25.3. The smallest absolute Gasteiger partial charge is 0.229 e. The van der Waals surface area contributed by atoms with Gasteiger partial charge in [-0.2, -0.15) is 0 Å². The van der Waals surface area contributed by atoms with E-state index >= 15 is 0 Å². The third-order valence-electron chi connectivity index (χ3n) is 5.49. The summed E-state index contributed by atoms with van der Waals surface area (Å²) in [5.74, 6) is 0.297. The Bertz CT molecular complexity index is 1050. The Balaban J connectivity index is 1.37. The first kappa shape index (κ1) is 20.7. The lowest BCUT2D eigenvalue weighted by molar-refractivity contribution is -0.128. The number of nitrogens with zero attached hydrogens (tertiary/aromatic N) is 1. The number of ether oxygens (including phenoxy) is 1. The maximum absolute atomic E-state index is 12.9. The molecule has 3 aromatic rings. The van der Waals surface area contributed by atoms with Crippen molar-refractivity contribution in [3.8, 4) is 5.75 Å². The van der Waals surface area contributed by atoms with E-state index in [4.69, 9.17) is 4.74 Å². The molecule has 5 heteroatoms. The molecule has 0 aliphatic carbocycles. The summed E-state index contributed by atoms with van der Waals surface area (Å²) in [5, 5.41) is 3.00. The molecule has 1 aliphatic heterocycles. The van der Waals surface area contributed by atoms with Crippen LogP contribution in [0, 0.1) is 12.8 Å². The van der Waals surface area contributed by atoms with Gasteiger partial charge in [-0.15, -0.1) is 0 Å². The van der Waals surface area contributed by atoms with Gasteiger partial charge in [-0.05, 0) is 30.7 Å². The molecule has 0 spiro atoms. The molecule has 5 nitrogen and oxygen atoms in total. The van der Waals surface area contributed by atoms with Gasteiger partial charge in [0.1, 0.15) is 12.4 Å². The predicted octanol–water partition coefficient (Wildman–Crippen LogP) is 4.56. The second-order valence-corrected chi connectivity index (χ2v) is 7.91. The maximum atomic E-state index is 12.9. The lowest BCUT2D eigenvalue weighted by atomic mass is 10.1. The molecule has 3 aromatic carbocycles. The van der Waals surface area contributed by atoms with Crippen molar-refractivity contribution in [2.24, 2.45) is 5.92 Å². The van der Waals surface area contributed by atoms with Gasteiger partial charge < -0.3 is 15.0 Å². The van der Waals surface area contributed by atoms with E-state index in [0.717, 1.165) is 16.9 Å². The standard InChI is InChI=1S/C26H26N2O3/c1-19-11-13-20(14-12-19)16-28-17-22(15-25(28)29)26(30)27-24-10-6-5-7-21(24)18-31-23-8-3-2-4-9-23/h2-14,22H,15-18H2,1H3,(H,27,30). The van der Waals surface area contributed by atoms with E-state index in [1.807, 2.05) is 85.8 Å². The van der Waals surface area contributed by atoms with E-state index in [1.54, 1.807) is 4.90 Å². The second kappa shape index (κ2) is 9.47. The van der Waals surface area contributed by atoms with Crippen molar-refractivity contribution >= 4 is 17.5 Å². The Kier molecular flexibility index (Phi) is 6.32. The van der Waals surface area contributed by atoms with Gasteiger partial charge in [-0.1, -0.05) is 66.2 Å². The quantitative estimate of drug-likeness (QED) is 0.617. The van der Waals surface area contributed by atoms with Crippen LogP contribution in [0.25, 0.3) is 0 Å². The highest BCUT2D eigenvalue weighted by atomic mass is 16.5. The number of likely N-dealkylation sites (tertiary alicyclic amines) is 1. The first-order valence-electron chi connectivity index (χ1n) is 10.5. The lowest BCUT2D eigenvalue weighted by Crippen LogP contribution is -2.28. The number of carbonyl (C=O) groups excluding carboxylic acids is 2. The monoisotopic (exact) mass is 414 g/mol. The fourth-order valence-corrected chi connectivity index (χ4v) is 3.70. The Labute approximate surface area is 182 Å². The molecule has 0 radical (unpaired) electrons. The largest absolute Gasteiger partial charge is 0.489 e. The van der Waals surface area contributed by atoms with E-state index < -0.39 is 0 Å². The summed E-state index contributed by atoms with van der Waals surface area (Å²) < 4.78 is 5.83. The van der Waals surface area contributed by atoms with Crippen molar-refractivity contribution in [3.05, 3.63) is 95.6 Å². The van der Waals surface area contributed by atoms with Crippen LogP contribution in [0.4, 0.5) is 5.69 Å². The molecule has 158 valence electrons. The number of rotatable bonds is 7. The Morgan fingerprint density at radius 1 is 1.00 bits per heavy atom. The molecular weight excluding hydrogens is 388 g/mol. The van der Waals surface area contributed by atoms with Crippen LogP contribution >= 0.6 is 0 Å². The van der Waals surface area contributed by atoms with E-state index in [9.17, 15) is 9.59 Å². The van der Waals surface area contributed by atoms with Gasteiger partial charge >= 0.3 is 0 Å². The molecule has 1 atom stereocenters. The average Bonchev–Trinajstić information content (AvgIpc) is 3.16. The van der Waals surface area contributed by atoms with Crippen LogP contribution < -0.4 is 10.1 Å². The minimum atomic E-state index is -0.360. The second-order valence-electron chi connectivity index (χ2n) is 7.91. The van der Waals surface area contributed by atoms with Gasteiger partial charge in [-0.3, -0.25) is 9.59 Å². The van der Waals surface area contributed by atoms with Crippen molar-refractivity contribution in [3.63, 3.8) is 0 Å². The van der Waals surface area contributed by atoms with Crippen molar-refractivity contribution in [1.29, 1.82) is 0 Å². The molecule has 1 heterocycles. The van der Waals surface area contributed by atoms with E-state index in [1.165, 1.54) is 5.56 Å². The average molecular weight is 415 g/mol. The molecule has 4 rings (SSSR count). The molecule has 0 bridgehead atoms. The fraction of sp³-hybridized carbons (Fsp3) is 0.231. The molecular formula is C26H26N2O3. The molecule has 1 saturated heterocycles. The van der Waals surface area contributed by atoms with Gasteiger partial charge in [0, 0.05) is 30.8 Å². The third-order valence-corrected chi connectivity index (χ3v) is 5.49. The number of hydrogen-bond acceptors (Lipinski definition) is 3. The molecule has 2 amide bonds. The Morgan fingerprint density at radius 3 is 2.48 bits per heavy atom. The highest BCUT2D eigenvalue weighted by Gasteiger charge is 2.34. The number of anilines is 1. The van der Waals surface area contributed by atoms with Crippen molar-refractivity contribution in [2.45, 2.75) is 26.5 Å². The summed E-state index contributed by atoms with van der Waals surface area (Å²) in [6.45, 7) is 3.35. The number of benzene rings is 3. The fourth-order valence-electron chi connectivity index (χ4n) is 3.70. The molecule has 1 N–H and O–H groups in total. The number of para-hydroxylation sites is 2. The van der Waals surface area contributed by atoms with Crippen LogP contribution in [-0.2, 0) is 22.7 Å².